The van der Waals surface area contributed by atoms with Gasteiger partial charge in [0.15, 0.2) is 0 Å². The summed E-state index contributed by atoms with van der Waals surface area (Å²) in [4.78, 5) is 11.4. The number of hydrogen-bond donors (Lipinski definition) is 2. The Morgan fingerprint density at radius 1 is 1.32 bits per heavy atom. The number of amides is 1. The van der Waals surface area contributed by atoms with Crippen LogP contribution in [0.5, 0.6) is 5.75 Å². The fourth-order valence-electron chi connectivity index (χ4n) is 1.34. The molecule has 0 heterocycles. The van der Waals surface area contributed by atoms with Gasteiger partial charge in [0.25, 0.3) is 0 Å². The first-order valence-electron chi connectivity index (χ1n) is 6.14. The van der Waals surface area contributed by atoms with E-state index in [9.17, 15) is 4.79 Å². The van der Waals surface area contributed by atoms with Gasteiger partial charge in [0.1, 0.15) is 5.75 Å². The zero-order chi connectivity index (χ0) is 14.5. The van der Waals surface area contributed by atoms with Gasteiger partial charge in [-0.15, -0.1) is 0 Å². The third kappa shape index (κ3) is 5.09. The number of ether oxygens (including phenoxy) is 1. The fraction of sp³-hybridized carbons (Fsp3) is 0.429. The highest BCUT2D eigenvalue weighted by atomic mass is 16.6. The van der Waals surface area contributed by atoms with Gasteiger partial charge in [0.2, 0.25) is 0 Å². The van der Waals surface area contributed by atoms with Gasteiger partial charge in [-0.2, -0.15) is 5.10 Å². The Bertz CT molecular complexity index is 459. The number of hydrogen-bond acceptors (Lipinski definition) is 4. The van der Waals surface area contributed by atoms with Crippen molar-refractivity contribution in [3.8, 4) is 5.75 Å². The third-order valence-electron chi connectivity index (χ3n) is 2.56. The van der Waals surface area contributed by atoms with Crippen LogP contribution >= 0.6 is 0 Å². The SMILES string of the molecule is CC(CN)=NNC(=O)Oc1ccc(C(C)(C)C)cc1. The van der Waals surface area contributed by atoms with E-state index in [0.717, 1.165) is 0 Å². The number of carbonyl (C=O) groups excluding carboxylic acids is 1. The highest BCUT2D eigenvalue weighted by Gasteiger charge is 2.13. The maximum Gasteiger partial charge on any atom is 0.433 e. The van der Waals surface area contributed by atoms with Gasteiger partial charge >= 0.3 is 6.09 Å². The van der Waals surface area contributed by atoms with Gasteiger partial charge in [0, 0.05) is 12.3 Å². The minimum Gasteiger partial charge on any atom is -0.409 e. The minimum atomic E-state index is -0.628. The Balaban J connectivity index is 2.61. The summed E-state index contributed by atoms with van der Waals surface area (Å²) < 4.78 is 5.08. The highest BCUT2D eigenvalue weighted by Crippen LogP contribution is 2.24. The van der Waals surface area contributed by atoms with Gasteiger partial charge in [-0.1, -0.05) is 32.9 Å². The van der Waals surface area contributed by atoms with Crippen LogP contribution in [0.4, 0.5) is 4.79 Å². The average molecular weight is 263 g/mol. The topological polar surface area (TPSA) is 76.7 Å². The molecule has 5 nitrogen and oxygen atoms in total. The van der Waals surface area contributed by atoms with Crippen molar-refractivity contribution in [1.29, 1.82) is 0 Å². The number of rotatable bonds is 3. The van der Waals surface area contributed by atoms with Crippen LogP contribution in [0.25, 0.3) is 0 Å². The first-order chi connectivity index (χ1) is 8.82. The minimum absolute atomic E-state index is 0.0727. The van der Waals surface area contributed by atoms with Crippen molar-refractivity contribution in [2.24, 2.45) is 10.8 Å². The molecule has 3 N–H and O–H groups in total. The molecule has 0 bridgehead atoms. The molecule has 1 amide bonds. The van der Waals surface area contributed by atoms with Crippen molar-refractivity contribution < 1.29 is 9.53 Å². The van der Waals surface area contributed by atoms with Crippen molar-refractivity contribution >= 4 is 11.8 Å². The van der Waals surface area contributed by atoms with Crippen LogP contribution < -0.4 is 15.9 Å². The van der Waals surface area contributed by atoms with E-state index in [1.54, 1.807) is 19.1 Å². The molecule has 19 heavy (non-hydrogen) atoms. The van der Waals surface area contributed by atoms with Gasteiger partial charge in [-0.05, 0) is 30.0 Å². The first kappa shape index (κ1) is 15.2. The van der Waals surface area contributed by atoms with E-state index in [2.05, 4.69) is 31.3 Å². The van der Waals surface area contributed by atoms with Crippen molar-refractivity contribution in [2.45, 2.75) is 33.1 Å². The summed E-state index contributed by atoms with van der Waals surface area (Å²) in [6.07, 6.45) is -0.628. The van der Waals surface area contributed by atoms with E-state index < -0.39 is 6.09 Å². The third-order valence-corrected chi connectivity index (χ3v) is 2.56. The molecule has 0 saturated heterocycles. The molecule has 0 aliphatic heterocycles. The molecule has 0 fully saturated rings. The molecule has 0 radical (unpaired) electrons. The van der Waals surface area contributed by atoms with Crippen molar-refractivity contribution in [2.75, 3.05) is 6.54 Å². The predicted octanol–water partition coefficient (Wildman–Crippen LogP) is 2.41. The van der Waals surface area contributed by atoms with Crippen molar-refractivity contribution in [3.63, 3.8) is 0 Å². The summed E-state index contributed by atoms with van der Waals surface area (Å²) in [5.41, 5.74) is 9.49. The van der Waals surface area contributed by atoms with Crippen LogP contribution in [-0.4, -0.2) is 18.3 Å². The summed E-state index contributed by atoms with van der Waals surface area (Å²) in [6, 6.07) is 7.41. The van der Waals surface area contributed by atoms with Crippen molar-refractivity contribution in [1.82, 2.24) is 5.43 Å². The largest absolute Gasteiger partial charge is 0.433 e. The monoisotopic (exact) mass is 263 g/mol. The van der Waals surface area contributed by atoms with Crippen molar-refractivity contribution in [3.05, 3.63) is 29.8 Å². The zero-order valence-corrected chi connectivity index (χ0v) is 11.9. The molecule has 1 rings (SSSR count). The molecule has 0 aromatic heterocycles. The molecule has 1 aromatic carbocycles. The molecule has 0 unspecified atom stereocenters. The Morgan fingerprint density at radius 3 is 2.37 bits per heavy atom. The van der Waals surface area contributed by atoms with E-state index >= 15 is 0 Å². The number of carbonyl (C=O) groups is 1. The number of benzene rings is 1. The predicted molar refractivity (Wildman–Crippen MR) is 76.5 cm³/mol. The Hall–Kier alpha value is -1.88. The molecule has 5 heteroatoms. The van der Waals surface area contributed by atoms with Crippen LogP contribution in [0.2, 0.25) is 0 Å². The van der Waals surface area contributed by atoms with Gasteiger partial charge in [0.05, 0.1) is 0 Å². The lowest BCUT2D eigenvalue weighted by molar-refractivity contribution is 0.201. The van der Waals surface area contributed by atoms with E-state index in [0.29, 0.717) is 18.0 Å². The number of nitrogens with zero attached hydrogens (tertiary/aromatic N) is 1. The maximum absolute atomic E-state index is 11.4. The van der Waals surface area contributed by atoms with Crippen LogP contribution in [0.1, 0.15) is 33.3 Å². The summed E-state index contributed by atoms with van der Waals surface area (Å²) in [7, 11) is 0. The Labute approximate surface area is 113 Å². The number of hydrazone groups is 1. The van der Waals surface area contributed by atoms with Crippen LogP contribution in [0.15, 0.2) is 29.4 Å². The molecule has 104 valence electrons. The van der Waals surface area contributed by atoms with Crippen LogP contribution in [-0.2, 0) is 5.41 Å². The molecule has 0 atom stereocenters. The van der Waals surface area contributed by atoms with E-state index in [-0.39, 0.29) is 5.41 Å². The smallest absolute Gasteiger partial charge is 0.409 e. The quantitative estimate of drug-likeness (QED) is 0.649. The lowest BCUT2D eigenvalue weighted by atomic mass is 9.87. The second kappa shape index (κ2) is 6.33. The summed E-state index contributed by atoms with van der Waals surface area (Å²) in [5, 5.41) is 3.76. The van der Waals surface area contributed by atoms with Gasteiger partial charge < -0.3 is 10.5 Å². The standard InChI is InChI=1S/C14H21N3O2/c1-10(9-15)16-17-13(18)19-12-7-5-11(6-8-12)14(2,3)4/h5-8H,9,15H2,1-4H3,(H,17,18). The fourth-order valence-corrected chi connectivity index (χ4v) is 1.34. The summed E-state index contributed by atoms with van der Waals surface area (Å²) in [5.74, 6) is 0.478. The number of nitrogens with one attached hydrogen (secondary N) is 1. The summed E-state index contributed by atoms with van der Waals surface area (Å²) in [6.45, 7) is 8.39. The molecule has 1 aromatic rings. The molecular weight excluding hydrogens is 242 g/mol. The van der Waals surface area contributed by atoms with Gasteiger partial charge in [-0.25, -0.2) is 10.2 Å². The molecule has 0 aliphatic rings. The second-order valence-corrected chi connectivity index (χ2v) is 5.33. The highest BCUT2D eigenvalue weighted by molar-refractivity contribution is 5.84. The van der Waals surface area contributed by atoms with Crippen LogP contribution in [0, 0.1) is 0 Å². The Morgan fingerprint density at radius 2 is 1.89 bits per heavy atom. The second-order valence-electron chi connectivity index (χ2n) is 5.33. The maximum atomic E-state index is 11.4. The molecule has 0 aliphatic carbocycles. The van der Waals surface area contributed by atoms with E-state index in [1.165, 1.54) is 5.56 Å². The molecule has 0 saturated carbocycles. The van der Waals surface area contributed by atoms with E-state index in [1.807, 2.05) is 12.1 Å². The lowest BCUT2D eigenvalue weighted by Gasteiger charge is -2.18. The normalized spacial score (nSPS) is 12.2. The van der Waals surface area contributed by atoms with Crippen LogP contribution in [0.3, 0.4) is 0 Å². The lowest BCUT2D eigenvalue weighted by Crippen LogP contribution is -2.24. The molecule has 0 spiro atoms. The summed E-state index contributed by atoms with van der Waals surface area (Å²) >= 11 is 0. The van der Waals surface area contributed by atoms with E-state index in [4.69, 9.17) is 10.5 Å². The Kier molecular flexibility index (Phi) is 5.06. The van der Waals surface area contributed by atoms with Gasteiger partial charge in [-0.3, -0.25) is 0 Å². The number of nitrogens with two attached hydrogens (primary N) is 1. The molecular formula is C14H21N3O2. The average Bonchev–Trinajstić information content (AvgIpc) is 2.35. The zero-order valence-electron chi connectivity index (χ0n) is 11.9. The first-order valence-corrected chi connectivity index (χ1v) is 6.14.